The van der Waals surface area contributed by atoms with E-state index in [1.165, 1.54) is 11.9 Å². The summed E-state index contributed by atoms with van der Waals surface area (Å²) in [6.07, 6.45) is -3.34. The number of nitrogens with zero attached hydrogens (tertiary/aromatic N) is 3. The molecule has 0 bridgehead atoms. The van der Waals surface area contributed by atoms with Crippen LogP contribution in [0.3, 0.4) is 0 Å². The molecule has 0 aliphatic heterocycles. The Balaban J connectivity index is 2.33. The highest BCUT2D eigenvalue weighted by Gasteiger charge is 2.37. The second-order valence-electron chi connectivity index (χ2n) is 6.98. The van der Waals surface area contributed by atoms with E-state index < -0.39 is 11.7 Å². The second kappa shape index (κ2) is 9.12. The molecule has 0 fully saturated rings. The van der Waals surface area contributed by atoms with Gasteiger partial charge in [0.2, 0.25) is 0 Å². The number of alkyl halides is 3. The van der Waals surface area contributed by atoms with Gasteiger partial charge in [-0.3, -0.25) is 0 Å². The van der Waals surface area contributed by atoms with Crippen LogP contribution in [0.1, 0.15) is 39.7 Å². The minimum atomic E-state index is -4.58. The van der Waals surface area contributed by atoms with Crippen LogP contribution >= 0.6 is 0 Å². The molecule has 5 nitrogen and oxygen atoms in total. The first kappa shape index (κ1) is 21.8. The van der Waals surface area contributed by atoms with Crippen LogP contribution in [0.5, 0.6) is 11.8 Å². The van der Waals surface area contributed by atoms with E-state index in [9.17, 15) is 13.2 Å². The van der Waals surface area contributed by atoms with Crippen LogP contribution in [0.4, 0.5) is 24.7 Å². The minimum absolute atomic E-state index is 0.0823. The first-order valence-electron chi connectivity index (χ1n) is 9.19. The van der Waals surface area contributed by atoms with Gasteiger partial charge in [0.15, 0.2) is 5.82 Å². The summed E-state index contributed by atoms with van der Waals surface area (Å²) >= 11 is 0. The molecule has 1 aromatic heterocycles. The minimum Gasteiger partial charge on any atom is -0.493 e. The van der Waals surface area contributed by atoms with Crippen LogP contribution < -0.4 is 14.4 Å². The zero-order valence-electron chi connectivity index (χ0n) is 16.7. The molecule has 2 aromatic rings. The molecule has 0 N–H and O–H groups in total. The maximum absolute atomic E-state index is 13.5. The van der Waals surface area contributed by atoms with Gasteiger partial charge in [0.25, 0.3) is 0 Å². The van der Waals surface area contributed by atoms with Crippen LogP contribution in [0.15, 0.2) is 30.5 Å². The Morgan fingerprint density at radius 3 is 2.29 bits per heavy atom. The molecule has 28 heavy (non-hydrogen) atoms. The maximum Gasteiger partial charge on any atom is 0.421 e. The van der Waals surface area contributed by atoms with Gasteiger partial charge in [0, 0.05) is 18.9 Å². The zero-order chi connectivity index (χ0) is 20.9. The number of halogens is 3. The molecule has 8 heteroatoms. The summed E-state index contributed by atoms with van der Waals surface area (Å²) < 4.78 is 51.5. The predicted molar refractivity (Wildman–Crippen MR) is 102 cm³/mol. The van der Waals surface area contributed by atoms with Crippen molar-refractivity contribution in [2.45, 2.75) is 46.4 Å². The lowest BCUT2D eigenvalue weighted by molar-refractivity contribution is -0.137. The van der Waals surface area contributed by atoms with Crippen LogP contribution in [-0.2, 0) is 6.18 Å². The summed E-state index contributed by atoms with van der Waals surface area (Å²) in [6.45, 7) is 8.35. The Labute approximate surface area is 163 Å². The fourth-order valence-corrected chi connectivity index (χ4v) is 2.28. The van der Waals surface area contributed by atoms with Gasteiger partial charge in [-0.2, -0.15) is 18.2 Å². The van der Waals surface area contributed by atoms with E-state index in [-0.39, 0.29) is 17.9 Å². The van der Waals surface area contributed by atoms with Crippen LogP contribution in [0, 0.1) is 5.92 Å². The number of benzene rings is 1. The molecule has 1 aromatic carbocycles. The topological polar surface area (TPSA) is 47.5 Å². The third-order valence-electron chi connectivity index (χ3n) is 4.06. The van der Waals surface area contributed by atoms with Gasteiger partial charge in [-0.25, -0.2) is 4.98 Å². The van der Waals surface area contributed by atoms with Crippen molar-refractivity contribution in [2.24, 2.45) is 5.92 Å². The molecule has 0 radical (unpaired) electrons. The molecule has 1 heterocycles. The molecule has 0 aliphatic carbocycles. The van der Waals surface area contributed by atoms with Gasteiger partial charge in [-0.15, -0.1) is 0 Å². The van der Waals surface area contributed by atoms with E-state index in [2.05, 4.69) is 9.97 Å². The first-order chi connectivity index (χ1) is 13.1. The normalized spacial score (nSPS) is 12.8. The van der Waals surface area contributed by atoms with E-state index in [0.29, 0.717) is 30.4 Å². The van der Waals surface area contributed by atoms with Gasteiger partial charge in [-0.05, 0) is 43.5 Å². The third-order valence-corrected chi connectivity index (χ3v) is 4.06. The van der Waals surface area contributed by atoms with E-state index >= 15 is 0 Å². The third kappa shape index (κ3) is 5.74. The lowest BCUT2D eigenvalue weighted by Crippen LogP contribution is -2.20. The number of ether oxygens (including phenoxy) is 2. The molecular weight excluding hydrogens is 371 g/mol. The molecule has 1 unspecified atom stereocenters. The highest BCUT2D eigenvalue weighted by Crippen LogP contribution is 2.38. The fraction of sp³-hybridized carbons (Fsp3) is 0.500. The molecule has 154 valence electrons. The maximum atomic E-state index is 13.5. The average molecular weight is 397 g/mol. The molecule has 0 spiro atoms. The molecule has 0 saturated heterocycles. The van der Waals surface area contributed by atoms with Crippen molar-refractivity contribution in [1.29, 1.82) is 0 Å². The lowest BCUT2D eigenvalue weighted by Gasteiger charge is -2.23. The average Bonchev–Trinajstić information content (AvgIpc) is 2.65. The number of rotatable bonds is 8. The van der Waals surface area contributed by atoms with Gasteiger partial charge in [-0.1, -0.05) is 20.8 Å². The number of anilines is 2. The van der Waals surface area contributed by atoms with Crippen LogP contribution in [0.2, 0.25) is 0 Å². The van der Waals surface area contributed by atoms with Crippen molar-refractivity contribution in [3.05, 3.63) is 36.0 Å². The van der Waals surface area contributed by atoms with Crippen molar-refractivity contribution >= 4 is 11.5 Å². The second-order valence-corrected chi connectivity index (χ2v) is 6.98. The van der Waals surface area contributed by atoms with E-state index in [1.807, 2.05) is 20.8 Å². The Kier molecular flexibility index (Phi) is 7.10. The molecular formula is C20H26F3N3O2. The highest BCUT2D eigenvalue weighted by atomic mass is 19.4. The summed E-state index contributed by atoms with van der Waals surface area (Å²) in [5, 5.41) is 0. The highest BCUT2D eigenvalue weighted by molar-refractivity contribution is 5.63. The molecule has 0 aliphatic rings. The summed E-state index contributed by atoms with van der Waals surface area (Å²) in [6, 6.07) is 6.74. The number of aromatic nitrogens is 2. The van der Waals surface area contributed by atoms with Crippen molar-refractivity contribution in [3.8, 4) is 11.8 Å². The fourth-order valence-electron chi connectivity index (χ4n) is 2.28. The molecule has 0 amide bonds. The SMILES string of the molecule is CCC(C)Oc1ncc(C(F)(F)F)c(N(C)c2ccc(OCC(C)C)cc2)n1. The summed E-state index contributed by atoms with van der Waals surface area (Å²) in [5.41, 5.74) is -0.387. The van der Waals surface area contributed by atoms with Crippen LogP contribution in [0.25, 0.3) is 0 Å². The summed E-state index contributed by atoms with van der Waals surface area (Å²) in [5.74, 6) is 0.767. The van der Waals surface area contributed by atoms with Gasteiger partial charge >= 0.3 is 12.2 Å². The van der Waals surface area contributed by atoms with Gasteiger partial charge in [0.05, 0.1) is 12.7 Å². The lowest BCUT2D eigenvalue weighted by atomic mass is 10.2. The van der Waals surface area contributed by atoms with Crippen molar-refractivity contribution in [3.63, 3.8) is 0 Å². The molecule has 2 rings (SSSR count). The van der Waals surface area contributed by atoms with Crippen LogP contribution in [-0.4, -0.2) is 29.7 Å². The van der Waals surface area contributed by atoms with Crippen molar-refractivity contribution in [2.75, 3.05) is 18.6 Å². The Morgan fingerprint density at radius 2 is 1.75 bits per heavy atom. The van der Waals surface area contributed by atoms with Crippen molar-refractivity contribution < 1.29 is 22.6 Å². The Bertz CT molecular complexity index is 764. The quantitative estimate of drug-likeness (QED) is 0.591. The summed E-state index contributed by atoms with van der Waals surface area (Å²) in [4.78, 5) is 9.11. The summed E-state index contributed by atoms with van der Waals surface area (Å²) in [7, 11) is 1.52. The number of hydrogen-bond acceptors (Lipinski definition) is 5. The predicted octanol–water partition coefficient (Wildman–Crippen LogP) is 5.48. The smallest absolute Gasteiger partial charge is 0.421 e. The van der Waals surface area contributed by atoms with Gasteiger partial charge in [0.1, 0.15) is 11.3 Å². The first-order valence-corrected chi connectivity index (χ1v) is 9.19. The monoisotopic (exact) mass is 397 g/mol. The molecule has 1 atom stereocenters. The van der Waals surface area contributed by atoms with Crippen molar-refractivity contribution in [1.82, 2.24) is 9.97 Å². The van der Waals surface area contributed by atoms with E-state index in [4.69, 9.17) is 9.47 Å². The largest absolute Gasteiger partial charge is 0.493 e. The van der Waals surface area contributed by atoms with E-state index in [0.717, 1.165) is 6.20 Å². The van der Waals surface area contributed by atoms with E-state index in [1.54, 1.807) is 31.2 Å². The standard InChI is InChI=1S/C20H26F3N3O2/c1-6-14(4)28-19-24-11-17(20(21,22)23)18(25-19)26(5)15-7-9-16(10-8-15)27-12-13(2)3/h7-11,13-14H,6,12H2,1-5H3. The van der Waals surface area contributed by atoms with Gasteiger partial charge < -0.3 is 14.4 Å². The molecule has 0 saturated carbocycles. The number of hydrogen-bond donors (Lipinski definition) is 0. The zero-order valence-corrected chi connectivity index (χ0v) is 16.7. The Hall–Kier alpha value is -2.51. The Morgan fingerprint density at radius 1 is 1.11 bits per heavy atom.